The molecule has 3 aliphatic heterocycles. The number of quaternary nitrogens is 1. The minimum Gasteiger partial charge on any atom is -1.00 e. The summed E-state index contributed by atoms with van der Waals surface area (Å²) in [6, 6.07) is 32.7. The van der Waals surface area contributed by atoms with Crippen molar-refractivity contribution in [1.29, 1.82) is 0 Å². The van der Waals surface area contributed by atoms with E-state index in [1.54, 1.807) is 95.3 Å². The van der Waals surface area contributed by atoms with Gasteiger partial charge >= 0.3 is 63.6 Å². The second kappa shape index (κ2) is 68.0. The molecule has 7 aromatic rings. The van der Waals surface area contributed by atoms with Gasteiger partial charge in [-0.2, -0.15) is 8.42 Å². The molecule has 35 heteroatoms. The molecule has 31 nitrogen and oxygen atoms in total. The Morgan fingerprint density at radius 1 is 0.600 bits per heavy atom. The Morgan fingerprint density at radius 3 is 1.20 bits per heavy atom. The number of ketones is 2. The number of halogens is 2. The molecule has 0 spiro atoms. The van der Waals surface area contributed by atoms with Crippen molar-refractivity contribution in [1.82, 2.24) is 35.1 Å². The minimum absolute atomic E-state index is 0. The zero-order valence-electron chi connectivity index (χ0n) is 77.1. The Labute approximate surface area is 811 Å². The van der Waals surface area contributed by atoms with Gasteiger partial charge in [0.2, 0.25) is 0 Å². The molecule has 2 amide bonds. The predicted octanol–water partition coefficient (Wildman–Crippen LogP) is 12.6. The van der Waals surface area contributed by atoms with E-state index in [1.165, 1.54) is 52.1 Å². The molecular formula is C95H159Cl2N14NaO17S. The summed E-state index contributed by atoms with van der Waals surface area (Å²) >= 11 is 4.64. The molecule has 0 radical (unpaired) electrons. The fourth-order valence-corrected chi connectivity index (χ4v) is 10.8. The fourth-order valence-electron chi connectivity index (χ4n) is 9.72. The summed E-state index contributed by atoms with van der Waals surface area (Å²) in [4.78, 5) is 113. The molecular weight excluding hydrogens is 1740 g/mol. The monoisotopic (exact) mass is 1890 g/mol. The largest absolute Gasteiger partial charge is 1.00 e. The number of amides is 2. The number of aryl methyl sites for hydroxylation is 1. The summed E-state index contributed by atoms with van der Waals surface area (Å²) < 4.78 is 43.0. The van der Waals surface area contributed by atoms with Crippen molar-refractivity contribution in [3.63, 3.8) is 0 Å². The molecule has 0 unspecified atom stereocenters. The summed E-state index contributed by atoms with van der Waals surface area (Å²) in [6.07, 6.45) is 6.11. The number of aromatic carboxylic acids is 1. The van der Waals surface area contributed by atoms with Gasteiger partial charge in [-0.3, -0.25) is 19.2 Å². The number of hydrogen-bond acceptors (Lipinski definition) is 20. The first-order chi connectivity index (χ1) is 56.1. The molecule has 3 fully saturated rings. The number of methoxy groups -OCH3 is 1. The molecule has 10 rings (SSSR count). The Morgan fingerprint density at radius 2 is 0.915 bits per heavy atom. The summed E-state index contributed by atoms with van der Waals surface area (Å²) in [6.45, 7) is 54.0. The van der Waals surface area contributed by atoms with E-state index in [1.807, 2.05) is 115 Å². The number of alkyl halides is 1. The van der Waals surface area contributed by atoms with Crippen LogP contribution in [0.1, 0.15) is 293 Å². The number of carbonyl (C=O) groups is 8. The molecule has 0 aliphatic carbocycles. The number of rotatable bonds is 19. The summed E-state index contributed by atoms with van der Waals surface area (Å²) in [5, 5.41) is 29.5. The third-order valence-corrected chi connectivity index (χ3v) is 18.6. The molecule has 17 N–H and O–H groups in total. The fraction of sp³-hybridized carbons (Fsp3) is 0.505. The van der Waals surface area contributed by atoms with Crippen LogP contribution < -0.4 is 75.1 Å². The number of nitrogens with one attached hydrogen (secondary N) is 7. The number of aromatic amines is 4. The average Bonchev–Trinajstić information content (AvgIpc) is 1.60. The van der Waals surface area contributed by atoms with Crippen molar-refractivity contribution in [3.8, 4) is 6.07 Å². The number of carboxylic acid groups (broad SMARTS) is 1. The first-order valence-electron chi connectivity index (χ1n) is 39.4. The van der Waals surface area contributed by atoms with Crippen LogP contribution in [0.5, 0.6) is 0 Å². The number of H-pyrrole nitrogens is 4. The number of likely N-dealkylation sites (tertiary alicyclic amines) is 2. The maximum atomic E-state index is 12.7. The third kappa shape index (κ3) is 48.1. The molecule has 7 heterocycles. The zero-order chi connectivity index (χ0) is 91.7. The number of Topliss-reactive ketones (excluding diaryl/α,β-unsaturated/α-hetero) is 2. The van der Waals surface area contributed by atoms with E-state index in [9.17, 15) is 51.9 Å². The number of benzene rings is 3. The number of carboxylic acids is 1. The van der Waals surface area contributed by atoms with Crippen molar-refractivity contribution in [2.24, 2.45) is 5.41 Å². The van der Waals surface area contributed by atoms with Crippen LogP contribution in [-0.2, 0) is 59.8 Å². The minimum atomic E-state index is -3.89. The van der Waals surface area contributed by atoms with Crippen LogP contribution in [0.25, 0.3) is 9.85 Å². The molecule has 3 aromatic carbocycles. The Kier molecular flexibility index (Phi) is 73.4. The predicted molar refractivity (Wildman–Crippen MR) is 526 cm³/mol. The van der Waals surface area contributed by atoms with E-state index in [0.717, 1.165) is 73.6 Å². The van der Waals surface area contributed by atoms with Crippen LogP contribution in [0.4, 0.5) is 22.7 Å². The van der Waals surface area contributed by atoms with Gasteiger partial charge in [-0.25, -0.2) is 24.0 Å². The molecule has 3 aliphatic rings. The number of ether oxygens (including phenoxy) is 3. The van der Waals surface area contributed by atoms with Crippen LogP contribution >= 0.6 is 11.6 Å². The van der Waals surface area contributed by atoms with Gasteiger partial charge in [-0.1, -0.05) is 241 Å². The number of anilines is 4. The molecule has 4 aromatic heterocycles. The zero-order valence-corrected chi connectivity index (χ0v) is 81.5. The van der Waals surface area contributed by atoms with Gasteiger partial charge in [-0.05, 0) is 89.5 Å². The first kappa shape index (κ1) is 140. The van der Waals surface area contributed by atoms with E-state index in [4.69, 9.17) is 27.4 Å². The Balaban J connectivity index is -0.000000161. The molecule has 0 bridgehead atoms. The summed E-state index contributed by atoms with van der Waals surface area (Å²) in [5.41, 5.74) is 23.5. The van der Waals surface area contributed by atoms with E-state index < -0.39 is 45.5 Å². The van der Waals surface area contributed by atoms with Crippen molar-refractivity contribution in [2.45, 2.75) is 242 Å². The normalized spacial score (nSPS) is 11.5. The van der Waals surface area contributed by atoms with E-state index in [0.29, 0.717) is 51.0 Å². The van der Waals surface area contributed by atoms with E-state index in [2.05, 4.69) is 119 Å². The molecule has 0 saturated carbocycles. The molecule has 130 heavy (non-hydrogen) atoms. The van der Waals surface area contributed by atoms with Crippen LogP contribution in [0, 0.1) is 37.6 Å². The van der Waals surface area contributed by atoms with Crippen molar-refractivity contribution in [2.75, 3.05) is 101 Å². The van der Waals surface area contributed by atoms with Crippen molar-refractivity contribution < 1.29 is 123 Å². The number of nitrogen functional groups attached to an aromatic ring is 2. The van der Waals surface area contributed by atoms with E-state index in [-0.39, 0.29) is 187 Å². The maximum absolute atomic E-state index is 12.7. The van der Waals surface area contributed by atoms with Gasteiger partial charge in [0.15, 0.2) is 17.8 Å². The SMILES string of the molecule is C.C.C.C.C.C.C1CNC1.CC.CC#[N+][O-].CC(C)(C)c1cc(N)c(C(=O)N2CCC2)[nH]1.CC(C)(C)c1cc(NCC(=O)c2ccccc2)c(C(=O)N2CCC2)[nH]1.CC(C)(C)c1cc(NCC(=O)c2ccccc2)c(C(=O)O)[nH]1.CCOC(=O)C([NH3+])C(=O)OCC.CCl.COC(=O)c1[nH]c(C(C)(C)C)cc1N.O.[C-]#[N+]C=C(OS(=O)(=O)c1ccc(C)cc1)C(C)(C)C.[CH3-].[Cl-].[Na+]. The summed E-state index contributed by atoms with van der Waals surface area (Å²) in [5.74, 6) is -2.70. The van der Waals surface area contributed by atoms with Gasteiger partial charge in [-0.15, -0.1) is 11.6 Å². The van der Waals surface area contributed by atoms with Gasteiger partial charge in [0.25, 0.3) is 23.9 Å². The summed E-state index contributed by atoms with van der Waals surface area (Å²) in [7, 11) is -2.56. The molecule has 0 atom stereocenters. The number of hydrogen-bond donors (Lipinski definition) is 11. The second-order valence-corrected chi connectivity index (χ2v) is 33.6. The molecule has 3 saturated heterocycles. The van der Waals surface area contributed by atoms with Crippen molar-refractivity contribution >= 4 is 91.7 Å². The topological polar surface area (TPSA) is 477 Å². The van der Waals surface area contributed by atoms with Gasteiger partial charge in [0, 0.05) is 98.5 Å². The molecule has 732 valence electrons. The number of carbonyl (C=O) groups excluding carboxylic acids is 7. The number of nitrogens with zero attached hydrogens (tertiary/aromatic N) is 4. The van der Waals surface area contributed by atoms with Gasteiger partial charge in [0.05, 0.1) is 69.7 Å². The van der Waals surface area contributed by atoms with E-state index >= 15 is 0 Å². The van der Waals surface area contributed by atoms with Crippen LogP contribution in [0.15, 0.2) is 126 Å². The number of allylic oxidation sites excluding steroid dienone is 1. The van der Waals surface area contributed by atoms with Crippen LogP contribution in [-0.4, -0.2) is 181 Å². The first-order valence-corrected chi connectivity index (χ1v) is 41.6. The Bertz CT molecular complexity index is 4630. The second-order valence-electron chi connectivity index (χ2n) is 32.0. The van der Waals surface area contributed by atoms with Crippen molar-refractivity contribution in [3.05, 3.63) is 212 Å². The standard InChI is InChI=1S/C20H25N3O2.C17H20N2O3.C14H17NO3S.C12H19N3O.C10H16N2O2.C7H13NO4.C3H7N.C2H3NO.C2H6.CH3Cl.6CH4.CH3.ClH.Na.H2O/c1-20(2,3)17-12-15(18(22-17)19(25)23-10-7-11-23)21-13-16(24)14-8-5-4-6-9-14;1-17(2,3)14-9-12(15(19-14)16(21)22)18-10-13(20)11-7-5-4-6-8-11;1-11-6-8-12(9-7-11)19(16,17)18-13(10-15-5)14(2,3)4;1-12(2,3)9-7-8(13)10(14-9)11(16)15-5-4-6-15;1-10(2,3)7-5-6(11)8(12-7)9(13)14-4;1-3-11-6(9)5(8)7(10)12-4-2;1-2-4-3-1;1-2-3-4;2*1-2;;;;;;;;;;/h4-6,8-9,12,21-22H,7,10-11,13H2,1-3H3;4-9,18-19H,10H2,1-3H3,(H,21,22);6-10H,1-4H3;7,14H,4-6,13H2,1-3H3;5,12H,11H2,1-4H3;5H,3-4,8H2,1-2H3;4H,1-3H2;1H3;1-2H3;1H3;6*1H4;1H3;1H;;1H2/q;;;;;;;;;;;;;;;;-1;;+1;. The van der Waals surface area contributed by atoms with Gasteiger partial charge in [0.1, 0.15) is 33.4 Å². The number of aromatic nitrogens is 4. The average molecular weight is 1900 g/mol. The number of nitrogens with two attached hydrogens (primary N) is 2. The van der Waals surface area contributed by atoms with Crippen LogP contribution in [0.2, 0.25) is 0 Å². The Hall–Kier alpha value is -10.1. The number of esters is 3. The quantitative estimate of drug-likeness (QED) is 0.00342. The van der Waals surface area contributed by atoms with Crippen LogP contribution in [0.3, 0.4) is 0 Å². The smallest absolute Gasteiger partial charge is 1.00 e. The van der Waals surface area contributed by atoms with Gasteiger partial charge < -0.3 is 117 Å². The third-order valence-electron chi connectivity index (χ3n) is 17.3. The maximum Gasteiger partial charge on any atom is 1.00 e.